The molecular weight excluding hydrogens is 336 g/mol. The van der Waals surface area contributed by atoms with Crippen LogP contribution in [0.2, 0.25) is 0 Å². The number of nitrogen functional groups attached to an aromatic ring is 1. The number of carbonyl (C=O) groups is 1. The van der Waals surface area contributed by atoms with Crippen LogP contribution in [0.5, 0.6) is 0 Å². The summed E-state index contributed by atoms with van der Waals surface area (Å²) < 4.78 is 32.2. The van der Waals surface area contributed by atoms with Crippen molar-refractivity contribution in [3.63, 3.8) is 0 Å². The third-order valence-electron chi connectivity index (χ3n) is 4.58. The van der Waals surface area contributed by atoms with Gasteiger partial charge in [0.25, 0.3) is 0 Å². The number of anilines is 1. The van der Waals surface area contributed by atoms with E-state index in [4.69, 9.17) is 15.4 Å². The van der Waals surface area contributed by atoms with E-state index < -0.39 is 16.0 Å². The largest absolute Gasteiger partial charge is 0.480 e. The second-order valence-electron chi connectivity index (χ2n) is 6.66. The minimum absolute atomic E-state index is 0.00164. The summed E-state index contributed by atoms with van der Waals surface area (Å²) in [5.41, 5.74) is 5.56. The van der Waals surface area contributed by atoms with Gasteiger partial charge in [0, 0.05) is 18.6 Å². The van der Waals surface area contributed by atoms with E-state index in [-0.39, 0.29) is 35.1 Å². The van der Waals surface area contributed by atoms with Crippen LogP contribution in [0.15, 0.2) is 9.42 Å². The molecular formula is C14H22N4O5S. The molecule has 0 bridgehead atoms. The second kappa shape index (κ2) is 6.34. The lowest BCUT2D eigenvalue weighted by atomic mass is 9.86. The lowest BCUT2D eigenvalue weighted by Crippen LogP contribution is -2.55. The van der Waals surface area contributed by atoms with Gasteiger partial charge in [-0.2, -0.15) is 0 Å². The zero-order valence-electron chi connectivity index (χ0n) is 13.4. The van der Waals surface area contributed by atoms with Crippen LogP contribution in [0.25, 0.3) is 0 Å². The number of nitrogens with one attached hydrogen (secondary N) is 1. The Morgan fingerprint density at radius 3 is 2.62 bits per heavy atom. The van der Waals surface area contributed by atoms with E-state index in [0.717, 1.165) is 19.4 Å². The standard InChI is InChI=1S/C14H22N4O5S/c1-8-13(14(15)16-23-8)24(21,22)17-10-4-11(5-10)18(7-12(19)20)6-9-2-3-9/h9-11,17H,2-7H2,1H3,(H2,15,16)(H,19,20). The van der Waals surface area contributed by atoms with Crippen LogP contribution in [0.4, 0.5) is 5.82 Å². The molecule has 0 aliphatic heterocycles. The summed E-state index contributed by atoms with van der Waals surface area (Å²) in [6, 6.07) is -0.139. The molecule has 9 nitrogen and oxygen atoms in total. The van der Waals surface area contributed by atoms with Crippen molar-refractivity contribution in [1.82, 2.24) is 14.8 Å². The highest BCUT2D eigenvalue weighted by atomic mass is 32.2. The highest BCUT2D eigenvalue weighted by Gasteiger charge is 2.39. The molecule has 0 aromatic carbocycles. The Hall–Kier alpha value is -1.65. The molecule has 2 aliphatic rings. The molecule has 24 heavy (non-hydrogen) atoms. The zero-order valence-corrected chi connectivity index (χ0v) is 14.3. The quantitative estimate of drug-likeness (QED) is 0.598. The van der Waals surface area contributed by atoms with Gasteiger partial charge in [0.1, 0.15) is 0 Å². The van der Waals surface area contributed by atoms with Crippen molar-refractivity contribution < 1.29 is 22.8 Å². The maximum Gasteiger partial charge on any atom is 0.317 e. The highest BCUT2D eigenvalue weighted by Crippen LogP contribution is 2.34. The van der Waals surface area contributed by atoms with Gasteiger partial charge in [-0.15, -0.1) is 0 Å². The van der Waals surface area contributed by atoms with Crippen LogP contribution in [-0.4, -0.2) is 54.7 Å². The summed E-state index contributed by atoms with van der Waals surface area (Å²) in [5, 5.41) is 12.5. The molecule has 0 unspecified atom stereocenters. The summed E-state index contributed by atoms with van der Waals surface area (Å²) in [5.74, 6) is -0.277. The lowest BCUT2D eigenvalue weighted by molar-refractivity contribution is -0.139. The fraction of sp³-hybridized carbons (Fsp3) is 0.714. The van der Waals surface area contributed by atoms with Gasteiger partial charge in [-0.3, -0.25) is 9.69 Å². The number of nitrogens with zero attached hydrogens (tertiary/aromatic N) is 2. The molecule has 1 heterocycles. The van der Waals surface area contributed by atoms with Crippen LogP contribution >= 0.6 is 0 Å². The van der Waals surface area contributed by atoms with Crippen LogP contribution in [0.1, 0.15) is 31.4 Å². The van der Waals surface area contributed by atoms with Crippen molar-refractivity contribution in [3.8, 4) is 0 Å². The molecule has 3 rings (SSSR count). The molecule has 0 radical (unpaired) electrons. The summed E-state index contributed by atoms with van der Waals surface area (Å²) >= 11 is 0. The molecule has 2 fully saturated rings. The first-order chi connectivity index (χ1) is 11.3. The zero-order chi connectivity index (χ0) is 17.5. The van der Waals surface area contributed by atoms with Gasteiger partial charge in [0.2, 0.25) is 10.0 Å². The van der Waals surface area contributed by atoms with Gasteiger partial charge in [-0.25, -0.2) is 13.1 Å². The average Bonchev–Trinajstić information content (AvgIpc) is 3.16. The van der Waals surface area contributed by atoms with Crippen LogP contribution in [0, 0.1) is 12.8 Å². The van der Waals surface area contributed by atoms with Crippen molar-refractivity contribution in [1.29, 1.82) is 0 Å². The number of nitrogens with two attached hydrogens (primary N) is 1. The molecule has 0 saturated heterocycles. The van der Waals surface area contributed by atoms with Gasteiger partial charge in [-0.1, -0.05) is 5.16 Å². The summed E-state index contributed by atoms with van der Waals surface area (Å²) in [7, 11) is -3.79. The number of aryl methyl sites for hydroxylation is 1. The maximum absolute atomic E-state index is 12.4. The van der Waals surface area contributed by atoms with Crippen LogP contribution in [0.3, 0.4) is 0 Å². The van der Waals surface area contributed by atoms with E-state index in [9.17, 15) is 13.2 Å². The third kappa shape index (κ3) is 3.70. The SMILES string of the molecule is Cc1onc(N)c1S(=O)(=O)NC1CC(N(CC(=O)O)CC2CC2)C1. The van der Waals surface area contributed by atoms with Gasteiger partial charge >= 0.3 is 5.97 Å². The Bertz CT molecular complexity index is 702. The molecule has 0 atom stereocenters. The van der Waals surface area contributed by atoms with E-state index in [1.807, 2.05) is 4.90 Å². The van der Waals surface area contributed by atoms with Crippen molar-refractivity contribution in [3.05, 3.63) is 5.76 Å². The van der Waals surface area contributed by atoms with Crippen molar-refractivity contribution in [2.75, 3.05) is 18.8 Å². The van der Waals surface area contributed by atoms with E-state index in [2.05, 4.69) is 9.88 Å². The molecule has 4 N–H and O–H groups in total. The van der Waals surface area contributed by atoms with Gasteiger partial charge < -0.3 is 15.4 Å². The van der Waals surface area contributed by atoms with E-state index in [1.165, 1.54) is 6.92 Å². The van der Waals surface area contributed by atoms with Crippen molar-refractivity contribution in [2.24, 2.45) is 5.92 Å². The average molecular weight is 358 g/mol. The van der Waals surface area contributed by atoms with E-state index in [1.54, 1.807) is 0 Å². The van der Waals surface area contributed by atoms with Gasteiger partial charge in [-0.05, 0) is 38.5 Å². The maximum atomic E-state index is 12.4. The van der Waals surface area contributed by atoms with Gasteiger partial charge in [0.15, 0.2) is 16.5 Å². The number of sulfonamides is 1. The summed E-state index contributed by atoms with van der Waals surface area (Å²) in [6.07, 6.45) is 3.46. The lowest BCUT2D eigenvalue weighted by Gasteiger charge is -2.42. The number of hydrogen-bond acceptors (Lipinski definition) is 7. The number of aliphatic carboxylic acids is 1. The predicted octanol–water partition coefficient (Wildman–Crippen LogP) is 0.171. The minimum atomic E-state index is -3.79. The fourth-order valence-electron chi connectivity index (χ4n) is 3.12. The minimum Gasteiger partial charge on any atom is -0.480 e. The smallest absolute Gasteiger partial charge is 0.317 e. The molecule has 0 amide bonds. The van der Waals surface area contributed by atoms with Crippen molar-refractivity contribution >= 4 is 21.8 Å². The van der Waals surface area contributed by atoms with E-state index >= 15 is 0 Å². The molecule has 1 aromatic heterocycles. The van der Waals surface area contributed by atoms with E-state index in [0.29, 0.717) is 18.8 Å². The molecule has 10 heteroatoms. The Kier molecular flexibility index (Phi) is 4.54. The normalized spacial score (nSPS) is 24.1. The number of hydrogen-bond donors (Lipinski definition) is 3. The number of carboxylic acids is 1. The fourth-order valence-corrected chi connectivity index (χ4v) is 4.59. The molecule has 2 aliphatic carbocycles. The number of rotatable bonds is 8. The molecule has 1 aromatic rings. The second-order valence-corrected chi connectivity index (χ2v) is 8.31. The van der Waals surface area contributed by atoms with Crippen molar-refractivity contribution in [2.45, 2.75) is 49.6 Å². The topological polar surface area (TPSA) is 139 Å². The number of carboxylic acid groups (broad SMARTS) is 1. The highest BCUT2D eigenvalue weighted by molar-refractivity contribution is 7.89. The molecule has 0 spiro atoms. The Morgan fingerprint density at radius 2 is 2.12 bits per heavy atom. The summed E-state index contributed by atoms with van der Waals surface area (Å²) in [4.78, 5) is 12.8. The Labute approximate surface area is 140 Å². The third-order valence-corrected chi connectivity index (χ3v) is 6.26. The Balaban J connectivity index is 1.58. The first kappa shape index (κ1) is 17.2. The first-order valence-corrected chi connectivity index (χ1v) is 9.44. The van der Waals surface area contributed by atoms with Crippen LogP contribution in [-0.2, 0) is 14.8 Å². The Morgan fingerprint density at radius 1 is 1.46 bits per heavy atom. The first-order valence-electron chi connectivity index (χ1n) is 7.96. The van der Waals surface area contributed by atoms with Gasteiger partial charge in [0.05, 0.1) is 6.54 Å². The summed E-state index contributed by atoms with van der Waals surface area (Å²) in [6.45, 7) is 2.26. The predicted molar refractivity (Wildman–Crippen MR) is 84.7 cm³/mol. The van der Waals surface area contributed by atoms with Crippen LogP contribution < -0.4 is 10.5 Å². The molecule has 2 saturated carbocycles. The number of aromatic nitrogens is 1. The molecule has 134 valence electrons. The monoisotopic (exact) mass is 358 g/mol.